The number of hydrogen-bond acceptors (Lipinski definition) is 2. The molecule has 0 aliphatic carbocycles. The highest BCUT2D eigenvalue weighted by Gasteiger charge is 1.97. The van der Waals surface area contributed by atoms with E-state index in [-0.39, 0.29) is 5.82 Å². The molecule has 2 rings (SSSR count). The van der Waals surface area contributed by atoms with Crippen LogP contribution in [0.5, 0.6) is 5.75 Å². The van der Waals surface area contributed by atoms with Crippen LogP contribution >= 0.6 is 0 Å². The Hall–Kier alpha value is -2.03. The van der Waals surface area contributed by atoms with Gasteiger partial charge in [-0.25, -0.2) is 4.39 Å². The van der Waals surface area contributed by atoms with Crippen LogP contribution in [0.25, 0.3) is 0 Å². The van der Waals surface area contributed by atoms with Crippen LogP contribution < -0.4 is 10.1 Å². The molecule has 2 nitrogen and oxygen atoms in total. The molecule has 0 saturated carbocycles. The van der Waals surface area contributed by atoms with E-state index in [1.165, 1.54) is 12.1 Å². The molecule has 0 radical (unpaired) electrons. The molecule has 0 saturated heterocycles. The van der Waals surface area contributed by atoms with E-state index in [4.69, 9.17) is 4.74 Å². The molecular weight excluding hydrogens is 217 g/mol. The van der Waals surface area contributed by atoms with E-state index in [1.54, 1.807) is 12.1 Å². The first kappa shape index (κ1) is 11.5. The zero-order valence-corrected chi connectivity index (χ0v) is 9.61. The fraction of sp³-hybridized carbons (Fsp3) is 0.143. The lowest BCUT2D eigenvalue weighted by Crippen LogP contribution is -1.95. The SMILES string of the molecule is CNc1ccc(OCc2ccc(F)cc2)cc1. The van der Waals surface area contributed by atoms with Gasteiger partial charge in [-0.2, -0.15) is 0 Å². The lowest BCUT2D eigenvalue weighted by atomic mass is 10.2. The summed E-state index contributed by atoms with van der Waals surface area (Å²) < 4.78 is 18.3. The number of halogens is 1. The Morgan fingerprint density at radius 3 is 2.24 bits per heavy atom. The fourth-order valence-corrected chi connectivity index (χ4v) is 1.47. The van der Waals surface area contributed by atoms with Gasteiger partial charge < -0.3 is 10.1 Å². The first-order valence-electron chi connectivity index (χ1n) is 5.43. The van der Waals surface area contributed by atoms with E-state index in [0.717, 1.165) is 17.0 Å². The van der Waals surface area contributed by atoms with E-state index in [2.05, 4.69) is 5.32 Å². The summed E-state index contributed by atoms with van der Waals surface area (Å²) in [6.45, 7) is 0.444. The van der Waals surface area contributed by atoms with Gasteiger partial charge in [0.15, 0.2) is 0 Å². The summed E-state index contributed by atoms with van der Waals surface area (Å²) in [5, 5.41) is 3.04. The molecule has 0 fully saturated rings. The van der Waals surface area contributed by atoms with Gasteiger partial charge in [-0.15, -0.1) is 0 Å². The van der Waals surface area contributed by atoms with Crippen molar-refractivity contribution in [1.29, 1.82) is 0 Å². The highest BCUT2D eigenvalue weighted by Crippen LogP contribution is 2.16. The molecule has 2 aromatic carbocycles. The fourth-order valence-electron chi connectivity index (χ4n) is 1.47. The van der Waals surface area contributed by atoms with Crippen LogP contribution in [0.1, 0.15) is 5.56 Å². The maximum absolute atomic E-state index is 12.7. The Morgan fingerprint density at radius 2 is 1.65 bits per heavy atom. The minimum Gasteiger partial charge on any atom is -0.489 e. The van der Waals surface area contributed by atoms with Crippen LogP contribution in [0, 0.1) is 5.82 Å². The van der Waals surface area contributed by atoms with Crippen LogP contribution in [0.2, 0.25) is 0 Å². The van der Waals surface area contributed by atoms with Gasteiger partial charge in [0.05, 0.1) is 0 Å². The van der Waals surface area contributed by atoms with Gasteiger partial charge in [0.25, 0.3) is 0 Å². The quantitative estimate of drug-likeness (QED) is 0.870. The standard InChI is InChI=1S/C14H14FNO/c1-16-13-6-8-14(9-7-13)17-10-11-2-4-12(15)5-3-11/h2-9,16H,10H2,1H3. The van der Waals surface area contributed by atoms with Crippen molar-refractivity contribution in [2.75, 3.05) is 12.4 Å². The maximum Gasteiger partial charge on any atom is 0.123 e. The molecule has 17 heavy (non-hydrogen) atoms. The van der Waals surface area contributed by atoms with Crippen molar-refractivity contribution in [2.45, 2.75) is 6.61 Å². The largest absolute Gasteiger partial charge is 0.489 e. The second kappa shape index (κ2) is 5.34. The predicted molar refractivity (Wildman–Crippen MR) is 66.7 cm³/mol. The number of nitrogens with one attached hydrogen (secondary N) is 1. The van der Waals surface area contributed by atoms with Crippen molar-refractivity contribution in [3.8, 4) is 5.75 Å². The van der Waals surface area contributed by atoms with Gasteiger partial charge in [0.1, 0.15) is 18.2 Å². The summed E-state index contributed by atoms with van der Waals surface area (Å²) in [6, 6.07) is 14.0. The molecule has 1 N–H and O–H groups in total. The van der Waals surface area contributed by atoms with Gasteiger partial charge >= 0.3 is 0 Å². The predicted octanol–water partition coefficient (Wildman–Crippen LogP) is 3.45. The van der Waals surface area contributed by atoms with E-state index in [1.807, 2.05) is 31.3 Å². The Morgan fingerprint density at radius 1 is 1.00 bits per heavy atom. The lowest BCUT2D eigenvalue weighted by Gasteiger charge is -2.07. The minimum atomic E-state index is -0.230. The normalized spacial score (nSPS) is 10.0. The van der Waals surface area contributed by atoms with Gasteiger partial charge in [-0.05, 0) is 42.0 Å². The Labute approximate surface area is 100 Å². The molecule has 0 heterocycles. The second-order valence-electron chi connectivity index (χ2n) is 3.69. The van der Waals surface area contributed by atoms with Crippen molar-refractivity contribution in [2.24, 2.45) is 0 Å². The summed E-state index contributed by atoms with van der Waals surface area (Å²) in [5.74, 6) is 0.570. The van der Waals surface area contributed by atoms with Gasteiger partial charge in [0.2, 0.25) is 0 Å². The second-order valence-corrected chi connectivity index (χ2v) is 3.69. The molecule has 0 spiro atoms. The van der Waals surface area contributed by atoms with Crippen molar-refractivity contribution in [3.05, 3.63) is 59.9 Å². The smallest absolute Gasteiger partial charge is 0.123 e. The first-order chi connectivity index (χ1) is 8.28. The van der Waals surface area contributed by atoms with Crippen molar-refractivity contribution in [3.63, 3.8) is 0 Å². The third-order valence-electron chi connectivity index (χ3n) is 2.46. The molecule has 0 aromatic heterocycles. The number of benzene rings is 2. The zero-order chi connectivity index (χ0) is 12.1. The average Bonchev–Trinajstić information content (AvgIpc) is 2.39. The van der Waals surface area contributed by atoms with Gasteiger partial charge in [-0.1, -0.05) is 12.1 Å². The molecule has 0 aliphatic rings. The van der Waals surface area contributed by atoms with Crippen molar-refractivity contribution >= 4 is 5.69 Å². The van der Waals surface area contributed by atoms with E-state index in [0.29, 0.717) is 6.61 Å². The topological polar surface area (TPSA) is 21.3 Å². The summed E-state index contributed by atoms with van der Waals surface area (Å²) >= 11 is 0. The third kappa shape index (κ3) is 3.21. The van der Waals surface area contributed by atoms with Crippen LogP contribution in [0.15, 0.2) is 48.5 Å². The van der Waals surface area contributed by atoms with E-state index >= 15 is 0 Å². The van der Waals surface area contributed by atoms with E-state index < -0.39 is 0 Å². The van der Waals surface area contributed by atoms with E-state index in [9.17, 15) is 4.39 Å². The van der Waals surface area contributed by atoms with Crippen LogP contribution in [-0.4, -0.2) is 7.05 Å². The van der Waals surface area contributed by atoms with Crippen LogP contribution in [-0.2, 0) is 6.61 Å². The van der Waals surface area contributed by atoms with Crippen LogP contribution in [0.4, 0.5) is 10.1 Å². The van der Waals surface area contributed by atoms with Crippen LogP contribution in [0.3, 0.4) is 0 Å². The maximum atomic E-state index is 12.7. The lowest BCUT2D eigenvalue weighted by molar-refractivity contribution is 0.306. The summed E-state index contributed by atoms with van der Waals surface area (Å²) in [4.78, 5) is 0. The van der Waals surface area contributed by atoms with Crippen molar-refractivity contribution in [1.82, 2.24) is 0 Å². The molecule has 0 atom stereocenters. The Bertz CT molecular complexity index is 465. The number of rotatable bonds is 4. The molecular formula is C14H14FNO. The minimum absolute atomic E-state index is 0.230. The highest BCUT2D eigenvalue weighted by molar-refractivity contribution is 5.45. The average molecular weight is 231 g/mol. The Balaban J connectivity index is 1.95. The summed E-state index contributed by atoms with van der Waals surface area (Å²) in [7, 11) is 1.87. The monoisotopic (exact) mass is 231 g/mol. The molecule has 0 unspecified atom stereocenters. The molecule has 88 valence electrons. The highest BCUT2D eigenvalue weighted by atomic mass is 19.1. The third-order valence-corrected chi connectivity index (χ3v) is 2.46. The number of anilines is 1. The summed E-state index contributed by atoms with van der Waals surface area (Å²) in [6.07, 6.45) is 0. The van der Waals surface area contributed by atoms with Gasteiger partial charge in [-0.3, -0.25) is 0 Å². The molecule has 0 aliphatic heterocycles. The molecule has 3 heteroatoms. The zero-order valence-electron chi connectivity index (χ0n) is 9.61. The molecule has 0 bridgehead atoms. The number of ether oxygens (including phenoxy) is 1. The summed E-state index contributed by atoms with van der Waals surface area (Å²) in [5.41, 5.74) is 1.99. The molecule has 2 aromatic rings. The first-order valence-corrected chi connectivity index (χ1v) is 5.43. The Kier molecular flexibility index (Phi) is 3.60. The van der Waals surface area contributed by atoms with Crippen molar-refractivity contribution < 1.29 is 9.13 Å². The van der Waals surface area contributed by atoms with Gasteiger partial charge in [0, 0.05) is 12.7 Å². The number of hydrogen-bond donors (Lipinski definition) is 1. The molecule has 0 amide bonds.